The highest BCUT2D eigenvalue weighted by Crippen LogP contribution is 2.09. The Labute approximate surface area is 85.1 Å². The van der Waals surface area contributed by atoms with Crippen LogP contribution in [0.25, 0.3) is 0 Å². The summed E-state index contributed by atoms with van der Waals surface area (Å²) in [7, 11) is 1.63. The highest BCUT2D eigenvalue weighted by Gasteiger charge is 2.06. The van der Waals surface area contributed by atoms with Crippen LogP contribution >= 0.6 is 0 Å². The molecule has 0 amide bonds. The van der Waals surface area contributed by atoms with Gasteiger partial charge in [0.25, 0.3) is 0 Å². The smallest absolute Gasteiger partial charge is 0.0700 e. The maximum absolute atomic E-state index is 8.81. The van der Waals surface area contributed by atoms with E-state index in [1.54, 1.807) is 7.11 Å². The Bertz CT molecular complexity index is 289. The van der Waals surface area contributed by atoms with Crippen molar-refractivity contribution in [3.05, 3.63) is 35.9 Å². The van der Waals surface area contributed by atoms with E-state index in [0.717, 1.165) is 12.8 Å². The van der Waals surface area contributed by atoms with E-state index in [4.69, 9.17) is 10.00 Å². The highest BCUT2D eigenvalue weighted by atomic mass is 16.5. The Morgan fingerprint density at radius 3 is 2.64 bits per heavy atom. The van der Waals surface area contributed by atoms with Crippen LogP contribution in [0.15, 0.2) is 30.3 Å². The molecule has 0 saturated carbocycles. The normalized spacial score (nSPS) is 12.0. The number of hydrogen-bond donors (Lipinski definition) is 0. The lowest BCUT2D eigenvalue weighted by atomic mass is 10.0. The van der Waals surface area contributed by atoms with Gasteiger partial charge in [0.2, 0.25) is 0 Å². The summed E-state index contributed by atoms with van der Waals surface area (Å²) in [4.78, 5) is 0. The second-order valence-corrected chi connectivity index (χ2v) is 3.31. The number of nitrogens with zero attached hydrogens (tertiary/aromatic N) is 1. The van der Waals surface area contributed by atoms with Gasteiger partial charge in [0, 0.05) is 7.11 Å². The summed E-state index contributed by atoms with van der Waals surface area (Å²) in [5.41, 5.74) is 1.28. The molecule has 0 fully saturated rings. The third kappa shape index (κ3) is 3.59. The Kier molecular flexibility index (Phi) is 4.74. The fourth-order valence-electron chi connectivity index (χ4n) is 1.37. The van der Waals surface area contributed by atoms with Gasteiger partial charge in [-0.2, -0.15) is 5.26 Å². The Morgan fingerprint density at radius 1 is 1.36 bits per heavy atom. The number of hydrogen-bond acceptors (Lipinski definition) is 2. The Hall–Kier alpha value is -1.33. The monoisotopic (exact) mass is 189 g/mol. The molecule has 74 valence electrons. The molecular formula is C12H15NO. The predicted octanol–water partition coefficient (Wildman–Crippen LogP) is 2.41. The molecule has 0 aliphatic heterocycles. The quantitative estimate of drug-likeness (QED) is 0.712. The van der Waals surface area contributed by atoms with Crippen molar-refractivity contribution < 1.29 is 4.74 Å². The van der Waals surface area contributed by atoms with Gasteiger partial charge in [-0.25, -0.2) is 0 Å². The van der Waals surface area contributed by atoms with Gasteiger partial charge in [-0.15, -0.1) is 0 Å². The zero-order valence-corrected chi connectivity index (χ0v) is 8.44. The summed E-state index contributed by atoms with van der Waals surface area (Å²) < 4.78 is 4.96. The van der Waals surface area contributed by atoms with Crippen LogP contribution in [0, 0.1) is 17.2 Å². The van der Waals surface area contributed by atoms with Crippen molar-refractivity contribution in [2.24, 2.45) is 5.92 Å². The van der Waals surface area contributed by atoms with Gasteiger partial charge in [-0.3, -0.25) is 0 Å². The van der Waals surface area contributed by atoms with Crippen LogP contribution < -0.4 is 0 Å². The second-order valence-electron chi connectivity index (χ2n) is 3.31. The first-order valence-electron chi connectivity index (χ1n) is 4.79. The van der Waals surface area contributed by atoms with Crippen LogP contribution in [-0.2, 0) is 11.2 Å². The van der Waals surface area contributed by atoms with Gasteiger partial charge in [0.1, 0.15) is 0 Å². The molecule has 14 heavy (non-hydrogen) atoms. The fourth-order valence-corrected chi connectivity index (χ4v) is 1.37. The fraction of sp³-hybridized carbons (Fsp3) is 0.417. The Balaban J connectivity index is 2.37. The maximum Gasteiger partial charge on any atom is 0.0700 e. The van der Waals surface area contributed by atoms with Crippen molar-refractivity contribution in [2.45, 2.75) is 12.8 Å². The first-order valence-corrected chi connectivity index (χ1v) is 4.79. The van der Waals surface area contributed by atoms with E-state index in [2.05, 4.69) is 18.2 Å². The molecule has 1 rings (SSSR count). The minimum atomic E-state index is 0.0141. The molecule has 0 aliphatic carbocycles. The number of aryl methyl sites for hydroxylation is 1. The minimum absolute atomic E-state index is 0.0141. The number of benzene rings is 1. The maximum atomic E-state index is 8.81. The summed E-state index contributed by atoms with van der Waals surface area (Å²) >= 11 is 0. The molecule has 1 aromatic rings. The number of nitriles is 1. The predicted molar refractivity (Wildman–Crippen MR) is 55.7 cm³/mol. The van der Waals surface area contributed by atoms with Crippen LogP contribution in [0.3, 0.4) is 0 Å². The van der Waals surface area contributed by atoms with E-state index in [1.165, 1.54) is 5.56 Å². The van der Waals surface area contributed by atoms with E-state index in [-0.39, 0.29) is 5.92 Å². The molecule has 0 bridgehead atoms. The number of methoxy groups -OCH3 is 1. The Morgan fingerprint density at radius 2 is 2.07 bits per heavy atom. The number of rotatable bonds is 5. The largest absolute Gasteiger partial charge is 0.383 e. The molecule has 0 spiro atoms. The molecule has 2 nitrogen and oxygen atoms in total. The standard InChI is InChI=1S/C12H15NO/c1-14-10-12(9-13)8-7-11-5-3-2-4-6-11/h2-6,12H,7-8,10H2,1H3. The van der Waals surface area contributed by atoms with Crippen molar-refractivity contribution in [1.82, 2.24) is 0 Å². The summed E-state index contributed by atoms with van der Waals surface area (Å²) in [6, 6.07) is 12.5. The van der Waals surface area contributed by atoms with Crippen molar-refractivity contribution in [3.8, 4) is 6.07 Å². The lowest BCUT2D eigenvalue weighted by Gasteiger charge is -2.06. The SMILES string of the molecule is COCC(C#N)CCc1ccccc1. The number of ether oxygens (including phenoxy) is 1. The average Bonchev–Trinajstić information content (AvgIpc) is 2.25. The molecule has 1 atom stereocenters. The zero-order chi connectivity index (χ0) is 10.2. The molecule has 0 saturated heterocycles. The van der Waals surface area contributed by atoms with Crippen LogP contribution in [0.4, 0.5) is 0 Å². The van der Waals surface area contributed by atoms with Gasteiger partial charge < -0.3 is 4.74 Å². The molecule has 2 heteroatoms. The molecule has 0 N–H and O–H groups in total. The van der Waals surface area contributed by atoms with E-state index < -0.39 is 0 Å². The van der Waals surface area contributed by atoms with Gasteiger partial charge in [-0.1, -0.05) is 30.3 Å². The molecular weight excluding hydrogens is 174 g/mol. The molecule has 1 unspecified atom stereocenters. The van der Waals surface area contributed by atoms with Gasteiger partial charge in [0.05, 0.1) is 18.6 Å². The van der Waals surface area contributed by atoms with E-state index in [0.29, 0.717) is 6.61 Å². The van der Waals surface area contributed by atoms with Crippen molar-refractivity contribution >= 4 is 0 Å². The van der Waals surface area contributed by atoms with Gasteiger partial charge in [0.15, 0.2) is 0 Å². The second kappa shape index (κ2) is 6.17. The molecule has 0 aliphatic rings. The first-order chi connectivity index (χ1) is 6.86. The molecule has 0 radical (unpaired) electrons. The molecule has 0 heterocycles. The lowest BCUT2D eigenvalue weighted by Crippen LogP contribution is -2.06. The third-order valence-electron chi connectivity index (χ3n) is 2.17. The molecule has 1 aromatic carbocycles. The summed E-state index contributed by atoms with van der Waals surface area (Å²) in [5.74, 6) is 0.0141. The van der Waals surface area contributed by atoms with Crippen LogP contribution in [-0.4, -0.2) is 13.7 Å². The minimum Gasteiger partial charge on any atom is -0.383 e. The summed E-state index contributed by atoms with van der Waals surface area (Å²) in [6.07, 6.45) is 1.82. The summed E-state index contributed by atoms with van der Waals surface area (Å²) in [5, 5.41) is 8.81. The lowest BCUT2D eigenvalue weighted by molar-refractivity contribution is 0.169. The topological polar surface area (TPSA) is 33.0 Å². The first kappa shape index (κ1) is 10.7. The van der Waals surface area contributed by atoms with Crippen LogP contribution in [0.2, 0.25) is 0 Å². The van der Waals surface area contributed by atoms with Gasteiger partial charge >= 0.3 is 0 Å². The summed E-state index contributed by atoms with van der Waals surface area (Å²) in [6.45, 7) is 0.531. The van der Waals surface area contributed by atoms with E-state index in [1.807, 2.05) is 18.2 Å². The van der Waals surface area contributed by atoms with Crippen molar-refractivity contribution in [3.63, 3.8) is 0 Å². The van der Waals surface area contributed by atoms with E-state index >= 15 is 0 Å². The highest BCUT2D eigenvalue weighted by molar-refractivity contribution is 5.14. The van der Waals surface area contributed by atoms with Gasteiger partial charge in [-0.05, 0) is 18.4 Å². The van der Waals surface area contributed by atoms with E-state index in [9.17, 15) is 0 Å². The third-order valence-corrected chi connectivity index (χ3v) is 2.17. The van der Waals surface area contributed by atoms with Crippen LogP contribution in [0.1, 0.15) is 12.0 Å². The zero-order valence-electron chi connectivity index (χ0n) is 8.44. The van der Waals surface area contributed by atoms with Crippen molar-refractivity contribution in [1.29, 1.82) is 5.26 Å². The average molecular weight is 189 g/mol. The van der Waals surface area contributed by atoms with Crippen molar-refractivity contribution in [2.75, 3.05) is 13.7 Å². The molecule has 0 aromatic heterocycles. The van der Waals surface area contributed by atoms with Crippen LogP contribution in [0.5, 0.6) is 0 Å².